The van der Waals surface area contributed by atoms with Crippen LogP contribution in [-0.4, -0.2) is 33.0 Å². The molecule has 5 heterocycles. The lowest BCUT2D eigenvalue weighted by Crippen LogP contribution is -2.09. The largest absolute Gasteiger partial charge is 0.469 e. The van der Waals surface area contributed by atoms with Gasteiger partial charge < -0.3 is 14.7 Å². The minimum Gasteiger partial charge on any atom is -0.469 e. The fourth-order valence-electron chi connectivity index (χ4n) is 7.27. The molecule has 0 spiro atoms. The van der Waals surface area contributed by atoms with E-state index in [4.69, 9.17) is 14.7 Å². The van der Waals surface area contributed by atoms with Crippen LogP contribution in [0.25, 0.3) is 39.3 Å². The number of allylic oxidation sites excluding steroid dienone is 4. The maximum atomic E-state index is 12.3. The Hall–Kier alpha value is -4.19. The van der Waals surface area contributed by atoms with Crippen LogP contribution < -0.4 is 0 Å². The van der Waals surface area contributed by atoms with Crippen molar-refractivity contribution in [2.45, 2.75) is 86.0 Å². The van der Waals surface area contributed by atoms with Crippen LogP contribution in [0.15, 0.2) is 35.9 Å². The second kappa shape index (κ2) is 10.8. The van der Waals surface area contributed by atoms with Crippen molar-refractivity contribution in [2.75, 3.05) is 7.11 Å². The zero-order valence-electron chi connectivity index (χ0n) is 26.7. The van der Waals surface area contributed by atoms with E-state index >= 15 is 0 Å². The quantitative estimate of drug-likeness (QED) is 0.298. The molecule has 0 saturated heterocycles. The monoisotopic (exact) mass is 574 g/mol. The van der Waals surface area contributed by atoms with Gasteiger partial charge >= 0.3 is 5.97 Å². The summed E-state index contributed by atoms with van der Waals surface area (Å²) < 4.78 is 5.04. The maximum absolute atomic E-state index is 12.3. The van der Waals surface area contributed by atoms with E-state index in [-0.39, 0.29) is 17.8 Å². The minimum absolute atomic E-state index is 0.0879. The number of carbonyl (C=O) groups is 1. The number of esters is 1. The van der Waals surface area contributed by atoms with Gasteiger partial charge in [-0.05, 0) is 93.5 Å². The molecule has 8 bridgehead atoms. The Labute approximate surface area is 254 Å². The van der Waals surface area contributed by atoms with Crippen molar-refractivity contribution in [3.8, 4) is 0 Å². The number of H-pyrrole nitrogens is 2. The van der Waals surface area contributed by atoms with Gasteiger partial charge in [-0.1, -0.05) is 32.1 Å². The van der Waals surface area contributed by atoms with Crippen LogP contribution >= 0.6 is 0 Å². The van der Waals surface area contributed by atoms with Crippen molar-refractivity contribution in [3.63, 3.8) is 0 Å². The summed E-state index contributed by atoms with van der Waals surface area (Å²) in [6, 6.07) is 6.62. The number of fused-ring (bicyclic) bond motifs is 8. The van der Waals surface area contributed by atoms with E-state index in [1.165, 1.54) is 46.1 Å². The van der Waals surface area contributed by atoms with Crippen LogP contribution in [0.5, 0.6) is 0 Å². The zero-order chi connectivity index (χ0) is 30.7. The molecule has 1 aliphatic carbocycles. The zero-order valence-corrected chi connectivity index (χ0v) is 26.7. The number of carbonyl (C=O) groups excluding carboxylic acids is 1. The van der Waals surface area contributed by atoms with Gasteiger partial charge in [0.1, 0.15) is 0 Å². The first-order valence-corrected chi connectivity index (χ1v) is 15.4. The molecule has 6 rings (SSSR count). The van der Waals surface area contributed by atoms with Crippen LogP contribution in [0.3, 0.4) is 0 Å². The second-order valence-corrected chi connectivity index (χ2v) is 12.4. The molecule has 222 valence electrons. The number of aromatic nitrogens is 4. The number of rotatable bonds is 5. The molecule has 2 aliphatic heterocycles. The number of aryl methyl sites for hydroxylation is 3. The van der Waals surface area contributed by atoms with Gasteiger partial charge in [0.2, 0.25) is 0 Å². The highest BCUT2D eigenvalue weighted by molar-refractivity contribution is 6.03. The molecule has 0 radical (unpaired) electrons. The van der Waals surface area contributed by atoms with Gasteiger partial charge in [0.05, 0.1) is 24.2 Å². The third-order valence-corrected chi connectivity index (χ3v) is 9.88. The molecule has 3 aromatic rings. The van der Waals surface area contributed by atoms with Crippen molar-refractivity contribution in [1.29, 1.82) is 0 Å². The highest BCUT2D eigenvalue weighted by atomic mass is 16.5. The number of nitrogens with zero attached hydrogens (tertiary/aromatic N) is 2. The highest BCUT2D eigenvalue weighted by Gasteiger charge is 2.37. The molecule has 2 atom stereocenters. The molecule has 0 amide bonds. The average molecular weight is 575 g/mol. The van der Waals surface area contributed by atoms with E-state index in [0.29, 0.717) is 12.8 Å². The second-order valence-electron chi connectivity index (χ2n) is 12.4. The molecular formula is C37H42N4O2. The predicted molar refractivity (Wildman–Crippen MR) is 177 cm³/mol. The van der Waals surface area contributed by atoms with Gasteiger partial charge in [0.25, 0.3) is 0 Å². The number of hydrogen-bond donors (Lipinski definition) is 2. The number of ether oxygens (including phenoxy) is 1. The van der Waals surface area contributed by atoms with E-state index in [2.05, 4.69) is 83.2 Å². The molecule has 0 fully saturated rings. The molecule has 43 heavy (non-hydrogen) atoms. The van der Waals surface area contributed by atoms with Gasteiger partial charge in [-0.3, -0.25) is 9.78 Å². The first-order valence-electron chi connectivity index (χ1n) is 15.4. The third kappa shape index (κ3) is 4.59. The summed E-state index contributed by atoms with van der Waals surface area (Å²) in [5.74, 6) is 0.0306. The van der Waals surface area contributed by atoms with E-state index in [1.807, 2.05) is 6.08 Å². The fourth-order valence-corrected chi connectivity index (χ4v) is 7.27. The summed E-state index contributed by atoms with van der Waals surface area (Å²) in [5.41, 5.74) is 19.4. The van der Waals surface area contributed by atoms with Crippen molar-refractivity contribution in [2.24, 2.45) is 0 Å². The number of nitrogens with one attached hydrogen (secondary N) is 2. The summed E-state index contributed by atoms with van der Waals surface area (Å²) >= 11 is 0. The molecule has 3 aromatic heterocycles. The summed E-state index contributed by atoms with van der Waals surface area (Å²) in [4.78, 5) is 30.4. The number of hydrogen-bond acceptors (Lipinski definition) is 4. The average Bonchev–Trinajstić information content (AvgIpc) is 3.74. The molecule has 0 saturated carbocycles. The normalized spacial score (nSPS) is 17.5. The predicted octanol–water partition coefficient (Wildman–Crippen LogP) is 8.80. The van der Waals surface area contributed by atoms with Crippen LogP contribution in [0.2, 0.25) is 0 Å². The Morgan fingerprint density at radius 3 is 2.44 bits per heavy atom. The Bertz CT molecular complexity index is 1930. The highest BCUT2D eigenvalue weighted by Crippen LogP contribution is 2.49. The van der Waals surface area contributed by atoms with E-state index < -0.39 is 0 Å². The van der Waals surface area contributed by atoms with Crippen molar-refractivity contribution < 1.29 is 9.53 Å². The van der Waals surface area contributed by atoms with Gasteiger partial charge in [0, 0.05) is 69.1 Å². The van der Waals surface area contributed by atoms with Gasteiger partial charge in [-0.25, -0.2) is 4.98 Å². The topological polar surface area (TPSA) is 83.7 Å². The van der Waals surface area contributed by atoms with E-state index in [1.54, 1.807) is 0 Å². The van der Waals surface area contributed by atoms with E-state index in [9.17, 15) is 4.79 Å². The number of methoxy groups -OCH3 is 1. The summed E-state index contributed by atoms with van der Waals surface area (Å²) in [7, 11) is 1.46. The Morgan fingerprint density at radius 2 is 1.77 bits per heavy atom. The molecule has 6 heteroatoms. The van der Waals surface area contributed by atoms with Crippen molar-refractivity contribution in [3.05, 3.63) is 86.5 Å². The van der Waals surface area contributed by atoms with Crippen LogP contribution in [0, 0.1) is 13.8 Å². The first kappa shape index (κ1) is 28.9. The SMILES string of the molecule is C=Cc1c(C)c2cc3nc(c4c5nc(cc6[nH]c(cc1[nH]2)c(C)c6CC)C(C)=C5C(=C(C)C)C4)[C@@H](CCC(=O)OC)[C@@H]3C. The molecule has 2 N–H and O–H groups in total. The molecule has 6 nitrogen and oxygen atoms in total. The lowest BCUT2D eigenvalue weighted by Gasteiger charge is -2.16. The first-order chi connectivity index (χ1) is 20.6. The molecule has 0 unspecified atom stereocenters. The Kier molecular flexibility index (Phi) is 7.27. The summed E-state index contributed by atoms with van der Waals surface area (Å²) in [5, 5.41) is 0. The summed E-state index contributed by atoms with van der Waals surface area (Å²) in [6.45, 7) is 19.5. The minimum atomic E-state index is -0.188. The van der Waals surface area contributed by atoms with Crippen molar-refractivity contribution in [1.82, 2.24) is 19.9 Å². The fraction of sp³-hybridized carbons (Fsp3) is 0.378. The lowest BCUT2D eigenvalue weighted by molar-refractivity contribution is -0.140. The van der Waals surface area contributed by atoms with Crippen molar-refractivity contribution >= 4 is 45.3 Å². The van der Waals surface area contributed by atoms with Gasteiger partial charge in [-0.15, -0.1) is 0 Å². The molecular weight excluding hydrogens is 532 g/mol. The van der Waals surface area contributed by atoms with Crippen LogP contribution in [0.4, 0.5) is 0 Å². The maximum Gasteiger partial charge on any atom is 0.305 e. The standard InChI is InChI=1S/C37H42N4O2/c1-10-23-19(5)28-15-30-21(7)25(12-13-34(42)43-9)36(40-30)27-14-26(18(3)4)35-22(8)31(41-37(27)35)17-33-24(11-2)20(6)29(39-33)16-32(23)38-28/h10,15-17,21,25,38-39H,1,11-14H2,2-9H3/t21-,25-/m0/s1. The third-order valence-electron chi connectivity index (χ3n) is 9.88. The summed E-state index contributed by atoms with van der Waals surface area (Å²) in [6.07, 6.45) is 4.69. The van der Waals surface area contributed by atoms with E-state index in [0.717, 1.165) is 68.8 Å². The lowest BCUT2D eigenvalue weighted by atomic mass is 9.85. The van der Waals surface area contributed by atoms with Crippen LogP contribution in [0.1, 0.15) is 110 Å². The molecule has 0 aromatic carbocycles. The molecule has 3 aliphatic rings. The Balaban J connectivity index is 1.77. The Morgan fingerprint density at radius 1 is 1.05 bits per heavy atom. The number of aromatic amines is 2. The smallest absolute Gasteiger partial charge is 0.305 e. The van der Waals surface area contributed by atoms with Gasteiger partial charge in [0.15, 0.2) is 0 Å². The van der Waals surface area contributed by atoms with Crippen LogP contribution in [-0.2, 0) is 22.4 Å². The van der Waals surface area contributed by atoms with Gasteiger partial charge in [-0.2, -0.15) is 0 Å².